The van der Waals surface area contributed by atoms with Gasteiger partial charge in [0.1, 0.15) is 0 Å². The van der Waals surface area contributed by atoms with Crippen molar-refractivity contribution in [3.63, 3.8) is 0 Å². The number of hydrogen-bond acceptors (Lipinski definition) is 5. The fourth-order valence-electron chi connectivity index (χ4n) is 9.65. The molecule has 7 nitrogen and oxygen atoms in total. The Morgan fingerprint density at radius 1 is 0.824 bits per heavy atom. The average Bonchev–Trinajstić information content (AvgIpc) is 3.76. The van der Waals surface area contributed by atoms with Crippen molar-refractivity contribution in [1.29, 1.82) is 5.41 Å². The number of likely N-dealkylation sites (tertiary alicyclic amines) is 1. The number of rotatable bonds is 12. The van der Waals surface area contributed by atoms with Crippen LogP contribution in [0.25, 0.3) is 0 Å². The molecule has 0 aromatic heterocycles. The highest BCUT2D eigenvalue weighted by atomic mass is 19.4. The largest absolute Gasteiger partial charge is 0.416 e. The summed E-state index contributed by atoms with van der Waals surface area (Å²) in [5.74, 6) is 2.08. The summed E-state index contributed by atoms with van der Waals surface area (Å²) < 4.78 is 82.2. The van der Waals surface area contributed by atoms with Gasteiger partial charge in [0, 0.05) is 50.3 Å². The van der Waals surface area contributed by atoms with Crippen molar-refractivity contribution in [3.8, 4) is 0 Å². The van der Waals surface area contributed by atoms with Gasteiger partial charge in [-0.15, -0.1) is 0 Å². The van der Waals surface area contributed by atoms with E-state index in [1.165, 1.54) is 51.4 Å². The minimum Gasteiger partial charge on any atom is -0.370 e. The highest BCUT2D eigenvalue weighted by Crippen LogP contribution is 2.38. The van der Waals surface area contributed by atoms with Crippen molar-refractivity contribution in [2.45, 2.75) is 140 Å². The monoisotopic (exact) mass is 725 g/mol. The molecule has 1 aromatic carbocycles. The molecule has 2 saturated carbocycles. The van der Waals surface area contributed by atoms with Crippen molar-refractivity contribution in [2.24, 2.45) is 22.6 Å². The Kier molecular flexibility index (Phi) is 12.0. The molecule has 3 aliphatic heterocycles. The highest BCUT2D eigenvalue weighted by Gasteiger charge is 2.42. The van der Waals surface area contributed by atoms with Gasteiger partial charge in [0.25, 0.3) is 0 Å². The minimum atomic E-state index is -4.89. The second-order valence-electron chi connectivity index (χ2n) is 16.1. The first-order valence-corrected chi connectivity index (χ1v) is 19.5. The summed E-state index contributed by atoms with van der Waals surface area (Å²) in [5.41, 5.74) is 3.71. The molecule has 0 bridgehead atoms. The van der Waals surface area contributed by atoms with Crippen LogP contribution in [0.2, 0.25) is 0 Å². The van der Waals surface area contributed by atoms with E-state index >= 15 is 0 Å². The molecule has 6 rings (SSSR count). The van der Waals surface area contributed by atoms with Gasteiger partial charge in [0.15, 0.2) is 11.9 Å². The van der Waals surface area contributed by atoms with Crippen LogP contribution >= 0.6 is 0 Å². The molecular weight excluding hydrogens is 668 g/mol. The highest BCUT2D eigenvalue weighted by molar-refractivity contribution is 5.80. The summed E-state index contributed by atoms with van der Waals surface area (Å²) in [4.78, 5) is 13.5. The van der Waals surface area contributed by atoms with Crippen molar-refractivity contribution >= 4 is 11.9 Å². The van der Waals surface area contributed by atoms with E-state index in [1.807, 2.05) is 4.90 Å². The first-order chi connectivity index (χ1) is 24.3. The lowest BCUT2D eigenvalue weighted by atomic mass is 9.84. The zero-order chi connectivity index (χ0) is 36.3. The third kappa shape index (κ3) is 9.46. The molecule has 4 atom stereocenters. The van der Waals surface area contributed by atoms with Crippen LogP contribution < -0.4 is 5.73 Å². The summed E-state index contributed by atoms with van der Waals surface area (Å²) in [6.45, 7) is 6.39. The predicted molar refractivity (Wildman–Crippen MR) is 189 cm³/mol. The van der Waals surface area contributed by atoms with Crippen LogP contribution in [0.3, 0.4) is 0 Å². The maximum absolute atomic E-state index is 13.7. The maximum atomic E-state index is 13.7. The van der Waals surface area contributed by atoms with Gasteiger partial charge in [-0.3, -0.25) is 15.3 Å². The second-order valence-corrected chi connectivity index (χ2v) is 16.1. The van der Waals surface area contributed by atoms with Crippen LogP contribution in [0.1, 0.15) is 114 Å². The van der Waals surface area contributed by atoms with Gasteiger partial charge in [-0.2, -0.15) is 26.3 Å². The number of hydrogen-bond donors (Lipinski definition) is 2. The average molecular weight is 726 g/mol. The Labute approximate surface area is 299 Å². The molecular formula is C38H57F6N7. The number of guanidine groups is 2. The SMILES string of the molecule is C[C@H]1CN=C(N)N1CC1CCCN1C[C@H](CC1CCCCC1)N1C[C@H](CC2CCCCC2)N(CCc2cc(C(F)(F)F)cc(C(F)(F)F)c2)C1=N. The van der Waals surface area contributed by atoms with Gasteiger partial charge in [0.05, 0.1) is 17.7 Å². The number of nitrogens with one attached hydrogen (secondary N) is 1. The summed E-state index contributed by atoms with van der Waals surface area (Å²) in [5, 5.41) is 9.60. The fraction of sp³-hybridized carbons (Fsp3) is 0.789. The van der Waals surface area contributed by atoms with Gasteiger partial charge in [-0.25, -0.2) is 0 Å². The van der Waals surface area contributed by atoms with Crippen LogP contribution in [0.15, 0.2) is 23.2 Å². The third-order valence-corrected chi connectivity index (χ3v) is 12.5. The van der Waals surface area contributed by atoms with Gasteiger partial charge >= 0.3 is 12.4 Å². The molecule has 3 heterocycles. The quantitative estimate of drug-likeness (QED) is 0.214. The molecule has 1 unspecified atom stereocenters. The molecule has 0 radical (unpaired) electrons. The van der Waals surface area contributed by atoms with Gasteiger partial charge in [-0.1, -0.05) is 64.2 Å². The lowest BCUT2D eigenvalue weighted by Crippen LogP contribution is -2.52. The normalized spacial score (nSPS) is 26.8. The van der Waals surface area contributed by atoms with Crippen molar-refractivity contribution in [3.05, 3.63) is 34.9 Å². The Balaban J connectivity index is 1.24. The predicted octanol–water partition coefficient (Wildman–Crippen LogP) is 7.98. The minimum absolute atomic E-state index is 0.00169. The molecule has 5 aliphatic rings. The molecule has 2 aliphatic carbocycles. The standard InChI is InChI=1S/C38H57F6N7/c1-26-22-47-35(45)50(26)24-32-13-8-15-48(32)23-33(19-27-9-4-2-5-10-27)51-25-34(20-28-11-6-3-7-12-28)49(36(51)46)16-14-29-17-30(37(39,40)41)21-31(18-29)38(42,43)44/h17-18,21,26-28,32-34,46H,2-16,19-20,22-25H2,1H3,(H2,45,47)/t26-,32?,33-,34-/m0/s1. The van der Waals surface area contributed by atoms with Crippen LogP contribution in [0, 0.1) is 17.2 Å². The lowest BCUT2D eigenvalue weighted by molar-refractivity contribution is -0.143. The van der Waals surface area contributed by atoms with E-state index < -0.39 is 23.5 Å². The summed E-state index contributed by atoms with van der Waals surface area (Å²) in [7, 11) is 0. The number of halogens is 6. The molecule has 2 saturated heterocycles. The van der Waals surface area contributed by atoms with E-state index in [-0.39, 0.29) is 42.7 Å². The first-order valence-electron chi connectivity index (χ1n) is 19.5. The zero-order valence-corrected chi connectivity index (χ0v) is 30.1. The molecule has 13 heteroatoms. The van der Waals surface area contributed by atoms with Crippen LogP contribution in [-0.2, 0) is 18.8 Å². The Bertz CT molecular complexity index is 1320. The summed E-state index contributed by atoms with van der Waals surface area (Å²) >= 11 is 0. The maximum Gasteiger partial charge on any atom is 0.416 e. The van der Waals surface area contributed by atoms with E-state index in [2.05, 4.69) is 26.6 Å². The lowest BCUT2D eigenvalue weighted by Gasteiger charge is -2.39. The first kappa shape index (κ1) is 38.0. The van der Waals surface area contributed by atoms with E-state index in [0.717, 1.165) is 70.3 Å². The van der Waals surface area contributed by atoms with Gasteiger partial charge in [0.2, 0.25) is 0 Å². The molecule has 3 N–H and O–H groups in total. The summed E-state index contributed by atoms with van der Waals surface area (Å²) in [6.07, 6.45) is 6.19. The van der Waals surface area contributed by atoms with E-state index in [9.17, 15) is 31.8 Å². The number of nitrogens with two attached hydrogens (primary N) is 1. The zero-order valence-electron chi connectivity index (χ0n) is 30.1. The topological polar surface area (TPSA) is 75.2 Å². The molecule has 0 amide bonds. The molecule has 0 spiro atoms. The number of benzene rings is 1. The molecule has 286 valence electrons. The number of nitrogens with zero attached hydrogens (tertiary/aromatic N) is 5. The summed E-state index contributed by atoms with van der Waals surface area (Å²) in [6, 6.07) is 2.60. The number of alkyl halides is 6. The van der Waals surface area contributed by atoms with Gasteiger partial charge in [-0.05, 0) is 81.2 Å². The van der Waals surface area contributed by atoms with E-state index in [4.69, 9.17) is 5.73 Å². The van der Waals surface area contributed by atoms with Crippen molar-refractivity contribution in [2.75, 3.05) is 39.3 Å². The Morgan fingerprint density at radius 3 is 2.04 bits per heavy atom. The van der Waals surface area contributed by atoms with Crippen LogP contribution in [0.4, 0.5) is 26.3 Å². The molecule has 51 heavy (non-hydrogen) atoms. The molecule has 4 fully saturated rings. The number of aliphatic imine (C=N–C) groups is 1. The van der Waals surface area contributed by atoms with Crippen molar-refractivity contribution < 1.29 is 26.3 Å². The van der Waals surface area contributed by atoms with Crippen LogP contribution in [0.5, 0.6) is 0 Å². The Hall–Kier alpha value is -2.70. The van der Waals surface area contributed by atoms with E-state index in [0.29, 0.717) is 42.9 Å². The van der Waals surface area contributed by atoms with Crippen LogP contribution in [-0.4, -0.2) is 95.0 Å². The fourth-order valence-corrected chi connectivity index (χ4v) is 9.65. The smallest absolute Gasteiger partial charge is 0.370 e. The third-order valence-electron chi connectivity index (χ3n) is 12.5. The Morgan fingerprint density at radius 2 is 1.45 bits per heavy atom. The van der Waals surface area contributed by atoms with Gasteiger partial charge < -0.3 is 20.4 Å². The molecule has 1 aromatic rings. The van der Waals surface area contributed by atoms with Crippen molar-refractivity contribution in [1.82, 2.24) is 19.6 Å². The van der Waals surface area contributed by atoms with E-state index in [1.54, 1.807) is 0 Å². The second kappa shape index (κ2) is 16.1.